The fourth-order valence-corrected chi connectivity index (χ4v) is 18.9. The number of rotatable bonds is 23. The third kappa shape index (κ3) is 20.9. The molecule has 0 bridgehead atoms. The molecule has 4 N–H and O–H groups in total. The lowest BCUT2D eigenvalue weighted by Gasteiger charge is -2.31. The summed E-state index contributed by atoms with van der Waals surface area (Å²) in [6, 6.07) is 58.7. The number of fused-ring (bicyclic) bond motifs is 4. The van der Waals surface area contributed by atoms with Gasteiger partial charge < -0.3 is 57.3 Å². The molecule has 2 aliphatic carbocycles. The number of nitrogens with two attached hydrogens (primary N) is 1. The van der Waals surface area contributed by atoms with E-state index in [1.807, 2.05) is 126 Å². The molecule has 2 aliphatic rings. The normalized spacial score (nSPS) is 16.8. The minimum atomic E-state index is -1.92. The zero-order valence-corrected chi connectivity index (χ0v) is 82.1. The Labute approximate surface area is 844 Å². The number of methoxy groups -OCH3 is 2. The lowest BCUT2D eigenvalue weighted by Crippen LogP contribution is -2.27. The zero-order chi connectivity index (χ0) is 106. The van der Waals surface area contributed by atoms with E-state index < -0.39 is 48.2 Å². The van der Waals surface area contributed by atoms with Gasteiger partial charge in [0.25, 0.3) is 0 Å². The molecule has 146 heavy (non-hydrogen) atoms. The smallest absolute Gasteiger partial charge is 0.337 e. The van der Waals surface area contributed by atoms with Gasteiger partial charge in [0.1, 0.15) is 62.8 Å². The van der Waals surface area contributed by atoms with Gasteiger partial charge in [-0.1, -0.05) is 137 Å². The molecule has 0 saturated heterocycles. The number of ether oxygens (including phenoxy) is 2. The van der Waals surface area contributed by atoms with Crippen molar-refractivity contribution in [1.29, 1.82) is 0 Å². The van der Waals surface area contributed by atoms with E-state index in [0.29, 0.717) is 140 Å². The van der Waals surface area contributed by atoms with Crippen LogP contribution in [0.4, 0.5) is 8.78 Å². The van der Waals surface area contributed by atoms with Crippen molar-refractivity contribution in [3.8, 4) is 78.3 Å². The molecule has 32 heteroatoms. The Morgan fingerprint density at radius 1 is 0.425 bits per heavy atom. The van der Waals surface area contributed by atoms with Crippen LogP contribution in [0, 0.1) is 53.4 Å². The highest BCUT2D eigenvalue weighted by molar-refractivity contribution is 6.20. The second-order valence-corrected chi connectivity index (χ2v) is 36.8. The summed E-state index contributed by atoms with van der Waals surface area (Å²) in [7, 11) is 2.70. The number of ketones is 1. The van der Waals surface area contributed by atoms with Gasteiger partial charge in [0, 0.05) is 78.1 Å². The highest BCUT2D eigenvalue weighted by Gasteiger charge is 2.36. The van der Waals surface area contributed by atoms with Gasteiger partial charge in [-0.2, -0.15) is 0 Å². The van der Waals surface area contributed by atoms with E-state index in [2.05, 4.69) is 65.0 Å². The van der Waals surface area contributed by atoms with Crippen LogP contribution in [0.25, 0.3) is 129 Å². The second kappa shape index (κ2) is 42.1. The Balaban J connectivity index is 0.000000131. The summed E-state index contributed by atoms with van der Waals surface area (Å²) in [5.41, 5.74) is 25.9. The Morgan fingerprint density at radius 2 is 0.740 bits per heavy atom. The lowest BCUT2D eigenvalue weighted by atomic mass is 9.81. The summed E-state index contributed by atoms with van der Waals surface area (Å²) < 4.78 is 98.3. The summed E-state index contributed by atoms with van der Waals surface area (Å²) in [6.45, 7) is 13.5. The second-order valence-electron chi connectivity index (χ2n) is 36.8. The van der Waals surface area contributed by atoms with E-state index in [-0.39, 0.29) is 76.3 Å². The first-order valence-corrected chi connectivity index (χ1v) is 47.5. The Kier molecular flexibility index (Phi) is 27.0. The summed E-state index contributed by atoms with van der Waals surface area (Å²) >= 11 is 0. The minimum absolute atomic E-state index is 0.123. The molecule has 738 valence electrons. The van der Waals surface area contributed by atoms with Crippen LogP contribution in [0.2, 0.25) is 0 Å². The molecule has 19 aromatic rings. The number of aromatic nitrogens is 17. The van der Waals surface area contributed by atoms with Crippen molar-refractivity contribution in [3.05, 3.63) is 347 Å². The molecular weight excluding hydrogens is 1850 g/mol. The van der Waals surface area contributed by atoms with Crippen LogP contribution in [0.3, 0.4) is 0 Å². The molecule has 6 aromatic carbocycles. The minimum Gasteiger partial charge on any atom is -0.478 e. The molecule has 2 unspecified atom stereocenters. The molecule has 0 radical (unpaired) electrons. The van der Waals surface area contributed by atoms with Crippen LogP contribution >= 0.6 is 0 Å². The van der Waals surface area contributed by atoms with Crippen LogP contribution in [-0.2, 0) is 27.3 Å². The number of hydrogen-bond donors (Lipinski definition) is 3. The number of alkyl halides is 2. The van der Waals surface area contributed by atoms with E-state index in [0.717, 1.165) is 83.9 Å². The number of pyridine rings is 2. The number of hydrogen-bond acceptors (Lipinski definition) is 24. The van der Waals surface area contributed by atoms with Crippen molar-refractivity contribution in [2.45, 2.75) is 157 Å². The van der Waals surface area contributed by atoms with Gasteiger partial charge in [-0.3, -0.25) is 14.8 Å². The number of carboxylic acids is 2. The van der Waals surface area contributed by atoms with Crippen molar-refractivity contribution in [1.82, 2.24) is 83.6 Å². The first-order valence-electron chi connectivity index (χ1n) is 49.5. The largest absolute Gasteiger partial charge is 0.478 e. The average molecular weight is 1960 g/mol. The predicted molar refractivity (Wildman–Crippen MR) is 550 cm³/mol. The maximum absolute atomic E-state index is 14.5. The monoisotopic (exact) mass is 1960 g/mol. The number of benzene rings is 6. The third-order valence-electron chi connectivity index (χ3n) is 26.4. The van der Waals surface area contributed by atoms with Gasteiger partial charge in [-0.25, -0.2) is 67.8 Å². The number of nitrogens with zero attached hydrogens (tertiary/aromatic N) is 17. The van der Waals surface area contributed by atoms with Gasteiger partial charge in [-0.15, -0.1) is 0 Å². The Bertz CT molecular complexity index is 8160. The van der Waals surface area contributed by atoms with E-state index >= 15 is 0 Å². The predicted octanol–water partition coefficient (Wildman–Crippen LogP) is 23.4. The number of aromatic carboxylic acids is 2. The number of carboxylic acid groups (broad SMARTS) is 2. The fraction of sp³-hybridized carbons (Fsp3) is 0.246. The summed E-state index contributed by atoms with van der Waals surface area (Å²) in [4.78, 5) is 107. The molecule has 13 heterocycles. The van der Waals surface area contributed by atoms with Crippen molar-refractivity contribution in [2.75, 3.05) is 14.2 Å². The average Bonchev–Trinajstić information content (AvgIpc) is 1.59. The highest BCUT2D eigenvalue weighted by atomic mass is 19.1. The number of aryl methyl sites for hydroxylation is 6. The number of carbonyl (C=O) groups excluding carboxylic acids is 3. The lowest BCUT2D eigenvalue weighted by molar-refractivity contribution is -0.111. The molecule has 0 amide bonds. The first-order chi connectivity index (χ1) is 71.9. The number of carbonyl (C=O) groups is 5. The maximum atomic E-state index is 14.5. The van der Waals surface area contributed by atoms with Crippen molar-refractivity contribution < 1.29 is 71.5 Å². The quantitative estimate of drug-likeness (QED) is 0.0395. The van der Waals surface area contributed by atoms with Crippen LogP contribution in [0.1, 0.15) is 201 Å². The molecule has 2 fully saturated rings. The van der Waals surface area contributed by atoms with Gasteiger partial charge in [0.05, 0.1) is 140 Å². The summed E-state index contributed by atoms with van der Waals surface area (Å²) in [6.07, 6.45) is 20.3. The van der Waals surface area contributed by atoms with E-state index in [1.165, 1.54) is 48.6 Å². The molecule has 30 nitrogen and oxygen atoms in total. The van der Waals surface area contributed by atoms with Crippen molar-refractivity contribution >= 4 is 79.9 Å². The number of esters is 2. The van der Waals surface area contributed by atoms with Gasteiger partial charge in [-0.05, 0) is 239 Å². The molecule has 2 atom stereocenters. The zero-order valence-electron chi connectivity index (χ0n) is 86.1. The summed E-state index contributed by atoms with van der Waals surface area (Å²) in [5.74, 6) is -2.02. The molecule has 13 aromatic heterocycles. The topological polar surface area (TPSA) is 397 Å². The molecule has 2 saturated carbocycles. The number of allylic oxidation sites excluding steroid dienone is 2. The molecule has 0 spiro atoms. The summed E-state index contributed by atoms with van der Waals surface area (Å²) in [5, 5.41) is 30.8. The van der Waals surface area contributed by atoms with Crippen LogP contribution in [-0.4, -0.2) is 149 Å². The Hall–Kier alpha value is -17.3. The van der Waals surface area contributed by atoms with Gasteiger partial charge in [0.15, 0.2) is 28.4 Å². The van der Waals surface area contributed by atoms with Crippen LogP contribution in [0.5, 0.6) is 0 Å². The van der Waals surface area contributed by atoms with Crippen LogP contribution in [0.15, 0.2) is 275 Å². The SMILES string of the molecule is COC(=O)c1ccc(-c2cn(C(c3ccccc3)c3ccccn3)c3nc(-c4c(C)noc4C)cnc23)cc1.Cc1noc(C)c1-c1cnc2c(-c3ccc(C(=O)O)cc3)cn(C(c3ccccc3)c3ccccn3)c2n1.[2H]C([2H])(C1CCC(C)(F)CC1)n1cc(-c2ccc(C(=O)O)cc2)c2ncc(C(C(C)=O)=C(C)N)nc21.[2H]C([2H])(C1CCC(C)(F)CC1)n1cc(-c2ccc(C(=O)OC)cc2)c2ncc(-c3c(C)noc3C)nc21. The van der Waals surface area contributed by atoms with E-state index in [9.17, 15) is 43.0 Å². The van der Waals surface area contributed by atoms with Crippen molar-refractivity contribution in [2.24, 2.45) is 17.6 Å². The van der Waals surface area contributed by atoms with Gasteiger partial charge in [0.2, 0.25) is 0 Å². The number of Topliss-reactive ketones (excluding diaryl/α,β-unsaturated/α-hetero) is 1. The number of halogens is 2. The van der Waals surface area contributed by atoms with Crippen molar-refractivity contribution in [3.63, 3.8) is 0 Å². The van der Waals surface area contributed by atoms with E-state index in [4.69, 9.17) is 74.1 Å². The highest BCUT2D eigenvalue weighted by Crippen LogP contribution is 2.45. The maximum Gasteiger partial charge on any atom is 0.337 e. The molecule has 0 aliphatic heterocycles. The standard InChI is InChI=1S/C31H25N5O3.C30H23N5O3.C27H29FN4O3.C26H29FN4O3/c1-19-27(20(2)39-35-19)26-17-33-28-24(21-12-14-23(15-13-21)31(37)38-3)18-36(30(28)34-26)29(22-9-5-4-6-10-22)25-11-7-8-16-32-25;1-18-26(19(2)38-34-18)25-16-32-27-23(20-11-13-22(14-12-20)30(36)37)17-35(29(27)33-25)28(21-8-4-3-5-9-21)24-10-6-7-15-31-24;1-16-23(17(2)35-31-16)22-13-29-24-21(19-5-7-20(8-6-19)26(33)34-4)15-32(25(24)30-22)14-18-9-11-27(3,28)12-10-18;1-15(28)22(16(2)32)21-12-29-23-20(18-4-6-19(7-5-18)25(33)34)14-31(24(23)30-21)13-17-8-10-26(3,27)11-9-17/h4-18,29H,1-3H3;3-17,28H,1-2H3,(H,36,37);5-8,13,15,18H,9-12,14H2,1-4H3;4-7,12,14,17H,8-11,13,28H2,1-3H3,(H,33,34)/i;;14D2;13D2. The van der Waals surface area contributed by atoms with Gasteiger partial charge >= 0.3 is 23.9 Å². The Morgan fingerprint density at radius 3 is 1.05 bits per heavy atom. The fourth-order valence-electron chi connectivity index (χ4n) is 18.9. The first kappa shape index (κ1) is 93.6. The molecular formula is C114H106F2N18O12. The molecule has 21 rings (SSSR count). The van der Waals surface area contributed by atoms with E-state index in [1.54, 1.807) is 144 Å². The third-order valence-corrected chi connectivity index (χ3v) is 26.4. The van der Waals surface area contributed by atoms with Crippen LogP contribution < -0.4 is 5.73 Å².